The number of rotatable bonds is 7. The minimum absolute atomic E-state index is 0.257. The number of anilines is 1. The van der Waals surface area contributed by atoms with E-state index in [-0.39, 0.29) is 5.69 Å². The number of benzene rings is 1. The Morgan fingerprint density at radius 1 is 1.19 bits per heavy atom. The first-order valence-corrected chi connectivity index (χ1v) is 7.44. The summed E-state index contributed by atoms with van der Waals surface area (Å²) in [7, 11) is 0. The highest BCUT2D eigenvalue weighted by Gasteiger charge is 2.18. The summed E-state index contributed by atoms with van der Waals surface area (Å²) in [5, 5.41) is 12.4. The van der Waals surface area contributed by atoms with Gasteiger partial charge < -0.3 is 10.1 Å². The molecule has 0 saturated heterocycles. The predicted octanol–water partition coefficient (Wildman–Crippen LogP) is 3.41. The maximum Gasteiger partial charge on any atom is 0.361 e. The van der Waals surface area contributed by atoms with Crippen LogP contribution < -0.4 is 5.32 Å². The van der Waals surface area contributed by atoms with E-state index in [0.717, 1.165) is 42.4 Å². The third-order valence-corrected chi connectivity index (χ3v) is 3.22. The van der Waals surface area contributed by atoms with Crippen LogP contribution in [0, 0.1) is 0 Å². The van der Waals surface area contributed by atoms with Gasteiger partial charge in [-0.05, 0) is 19.4 Å². The second kappa shape index (κ2) is 7.57. The molecule has 0 atom stereocenters. The van der Waals surface area contributed by atoms with E-state index in [4.69, 9.17) is 4.74 Å². The van der Waals surface area contributed by atoms with Gasteiger partial charge in [-0.3, -0.25) is 0 Å². The summed E-state index contributed by atoms with van der Waals surface area (Å²) in [6.07, 6.45) is 3.36. The number of hydrogen-bond acceptors (Lipinski definition) is 5. The highest BCUT2D eigenvalue weighted by Crippen LogP contribution is 2.24. The highest BCUT2D eigenvalue weighted by molar-refractivity contribution is 6.03. The van der Waals surface area contributed by atoms with Crippen LogP contribution in [0.25, 0.3) is 10.9 Å². The van der Waals surface area contributed by atoms with Gasteiger partial charge in [-0.2, -0.15) is 0 Å². The fraction of sp³-hybridized carbons (Fsp3) is 0.438. The molecule has 0 fully saturated rings. The van der Waals surface area contributed by atoms with Crippen LogP contribution >= 0.6 is 0 Å². The third kappa shape index (κ3) is 3.68. The van der Waals surface area contributed by atoms with Crippen LogP contribution in [0.5, 0.6) is 0 Å². The van der Waals surface area contributed by atoms with Crippen molar-refractivity contribution in [2.45, 2.75) is 33.1 Å². The Hall–Kier alpha value is -2.17. The Kier molecular flexibility index (Phi) is 5.49. The van der Waals surface area contributed by atoms with E-state index in [0.29, 0.717) is 6.61 Å². The first-order valence-electron chi connectivity index (χ1n) is 7.44. The molecule has 1 aromatic heterocycles. The molecule has 1 aromatic carbocycles. The fourth-order valence-electron chi connectivity index (χ4n) is 2.16. The molecule has 0 radical (unpaired) electrons. The molecule has 0 aliphatic heterocycles. The lowest BCUT2D eigenvalue weighted by molar-refractivity contribution is 0.0519. The molecule has 0 aliphatic carbocycles. The van der Waals surface area contributed by atoms with Crippen molar-refractivity contribution in [3.8, 4) is 0 Å². The zero-order valence-electron chi connectivity index (χ0n) is 12.6. The molecule has 0 bridgehead atoms. The minimum atomic E-state index is -0.436. The van der Waals surface area contributed by atoms with Crippen LogP contribution in [-0.4, -0.2) is 29.3 Å². The zero-order chi connectivity index (χ0) is 15.1. The number of carbonyl (C=O) groups excluding carboxylic acids is 1. The summed E-state index contributed by atoms with van der Waals surface area (Å²) in [4.78, 5) is 12.0. The van der Waals surface area contributed by atoms with Crippen molar-refractivity contribution in [1.29, 1.82) is 0 Å². The van der Waals surface area contributed by atoms with E-state index < -0.39 is 5.97 Å². The van der Waals surface area contributed by atoms with Crippen LogP contribution in [0.15, 0.2) is 24.3 Å². The number of aromatic nitrogens is 2. The van der Waals surface area contributed by atoms with Crippen LogP contribution in [0.1, 0.15) is 43.6 Å². The van der Waals surface area contributed by atoms with Gasteiger partial charge in [0.15, 0.2) is 5.69 Å². The monoisotopic (exact) mass is 287 g/mol. The van der Waals surface area contributed by atoms with E-state index in [9.17, 15) is 4.79 Å². The molecular formula is C16H21N3O2. The first kappa shape index (κ1) is 15.2. The second-order valence-corrected chi connectivity index (χ2v) is 4.80. The molecule has 0 unspecified atom stereocenters. The van der Waals surface area contributed by atoms with Crippen molar-refractivity contribution in [3.05, 3.63) is 30.0 Å². The zero-order valence-corrected chi connectivity index (χ0v) is 12.6. The third-order valence-electron chi connectivity index (χ3n) is 3.22. The maximum atomic E-state index is 12.0. The van der Waals surface area contributed by atoms with Crippen molar-refractivity contribution in [2.75, 3.05) is 18.5 Å². The van der Waals surface area contributed by atoms with Gasteiger partial charge in [0, 0.05) is 11.9 Å². The number of unbranched alkanes of at least 4 members (excludes halogenated alkanes) is 2. The van der Waals surface area contributed by atoms with Crippen LogP contribution in [0.3, 0.4) is 0 Å². The molecule has 112 valence electrons. The molecule has 0 saturated carbocycles. The van der Waals surface area contributed by atoms with Crippen molar-refractivity contribution in [2.24, 2.45) is 0 Å². The summed E-state index contributed by atoms with van der Waals surface area (Å²) >= 11 is 0. The van der Waals surface area contributed by atoms with Gasteiger partial charge in [0.25, 0.3) is 0 Å². The number of esters is 1. The second-order valence-electron chi connectivity index (χ2n) is 4.80. The summed E-state index contributed by atoms with van der Waals surface area (Å²) in [6, 6.07) is 7.65. The van der Waals surface area contributed by atoms with Gasteiger partial charge >= 0.3 is 5.97 Å². The summed E-state index contributed by atoms with van der Waals surface area (Å²) < 4.78 is 5.06. The average molecular weight is 287 g/mol. The van der Waals surface area contributed by atoms with E-state index in [1.165, 1.54) is 0 Å². The number of hydrogen-bond donors (Lipinski definition) is 1. The standard InChI is InChI=1S/C16H21N3O2/c1-3-5-8-11-17-14-12-9-6-7-10-13(12)18-19-15(14)16(20)21-4-2/h6-7,9-10H,3-5,8,11H2,1-2H3,(H,17,18). The lowest BCUT2D eigenvalue weighted by atomic mass is 10.1. The predicted molar refractivity (Wildman–Crippen MR) is 83.5 cm³/mol. The molecule has 0 spiro atoms. The Morgan fingerprint density at radius 3 is 2.76 bits per heavy atom. The SMILES string of the molecule is CCCCCNc1c(C(=O)OCC)nnc2ccccc12. The van der Waals surface area contributed by atoms with E-state index in [2.05, 4.69) is 22.4 Å². The molecular weight excluding hydrogens is 266 g/mol. The lowest BCUT2D eigenvalue weighted by Crippen LogP contribution is -2.14. The summed E-state index contributed by atoms with van der Waals surface area (Å²) in [5.41, 5.74) is 1.74. The van der Waals surface area contributed by atoms with E-state index in [1.807, 2.05) is 24.3 Å². The molecule has 5 heteroatoms. The van der Waals surface area contributed by atoms with Gasteiger partial charge in [0.05, 0.1) is 17.8 Å². The number of fused-ring (bicyclic) bond motifs is 1. The number of nitrogens with one attached hydrogen (secondary N) is 1. The van der Waals surface area contributed by atoms with Crippen molar-refractivity contribution in [3.63, 3.8) is 0 Å². The number of nitrogens with zero attached hydrogens (tertiary/aromatic N) is 2. The molecule has 5 nitrogen and oxygen atoms in total. The number of ether oxygens (including phenoxy) is 1. The highest BCUT2D eigenvalue weighted by atomic mass is 16.5. The molecule has 0 amide bonds. The van der Waals surface area contributed by atoms with Crippen LogP contribution in [-0.2, 0) is 4.74 Å². The Morgan fingerprint density at radius 2 is 2.00 bits per heavy atom. The topological polar surface area (TPSA) is 64.1 Å². The lowest BCUT2D eigenvalue weighted by Gasteiger charge is -2.12. The molecule has 2 rings (SSSR count). The van der Waals surface area contributed by atoms with Gasteiger partial charge in [0.1, 0.15) is 0 Å². The fourth-order valence-corrected chi connectivity index (χ4v) is 2.16. The molecule has 21 heavy (non-hydrogen) atoms. The van der Waals surface area contributed by atoms with Crippen molar-refractivity contribution < 1.29 is 9.53 Å². The van der Waals surface area contributed by atoms with E-state index in [1.54, 1.807) is 6.92 Å². The smallest absolute Gasteiger partial charge is 0.361 e. The molecule has 1 heterocycles. The molecule has 2 aromatic rings. The molecule has 0 aliphatic rings. The summed E-state index contributed by atoms with van der Waals surface area (Å²) in [5.74, 6) is -0.436. The minimum Gasteiger partial charge on any atom is -0.461 e. The van der Waals surface area contributed by atoms with Gasteiger partial charge in [-0.1, -0.05) is 38.0 Å². The van der Waals surface area contributed by atoms with Crippen molar-refractivity contribution in [1.82, 2.24) is 10.2 Å². The van der Waals surface area contributed by atoms with Crippen LogP contribution in [0.2, 0.25) is 0 Å². The Bertz CT molecular complexity index is 613. The largest absolute Gasteiger partial charge is 0.461 e. The molecule has 1 N–H and O–H groups in total. The van der Waals surface area contributed by atoms with Gasteiger partial charge in [-0.15, -0.1) is 10.2 Å². The Labute approximate surface area is 124 Å². The van der Waals surface area contributed by atoms with Gasteiger partial charge in [-0.25, -0.2) is 4.79 Å². The number of carbonyl (C=O) groups is 1. The summed E-state index contributed by atoms with van der Waals surface area (Å²) in [6.45, 7) is 5.06. The van der Waals surface area contributed by atoms with Crippen molar-refractivity contribution >= 4 is 22.6 Å². The maximum absolute atomic E-state index is 12.0. The van der Waals surface area contributed by atoms with Crippen LogP contribution in [0.4, 0.5) is 5.69 Å². The van der Waals surface area contributed by atoms with Gasteiger partial charge in [0.2, 0.25) is 0 Å². The average Bonchev–Trinajstić information content (AvgIpc) is 2.51. The normalized spacial score (nSPS) is 10.6. The Balaban J connectivity index is 2.35. The van der Waals surface area contributed by atoms with E-state index >= 15 is 0 Å². The first-order chi connectivity index (χ1) is 10.3. The quantitative estimate of drug-likeness (QED) is 0.624.